The molecule has 2 heterocycles. The number of nitrogens with one attached hydrogen (secondary N) is 2. The summed E-state index contributed by atoms with van der Waals surface area (Å²) in [5.41, 5.74) is 1.49. The van der Waals surface area contributed by atoms with Gasteiger partial charge in [-0.3, -0.25) is 24.6 Å². The average molecular weight is 502 g/mol. The number of hydrogen-bond acceptors (Lipinski definition) is 7. The van der Waals surface area contributed by atoms with E-state index in [1.54, 1.807) is 12.1 Å². The molecule has 2 amide bonds. The summed E-state index contributed by atoms with van der Waals surface area (Å²) in [7, 11) is 0. The lowest BCUT2D eigenvalue weighted by molar-refractivity contribution is -0.384. The monoisotopic (exact) mass is 501 g/mol. The summed E-state index contributed by atoms with van der Waals surface area (Å²) >= 11 is 5.85. The number of ether oxygens (including phenoxy) is 1. The molecular formula is C24H28ClN5O5. The minimum Gasteiger partial charge on any atom is -0.379 e. The number of nitrogens with zero attached hydrogens (tertiary/aromatic N) is 3. The van der Waals surface area contributed by atoms with Gasteiger partial charge in [0.25, 0.3) is 17.5 Å². The van der Waals surface area contributed by atoms with Crippen molar-refractivity contribution in [2.24, 2.45) is 0 Å². The Kier molecular flexibility index (Phi) is 8.17. The Morgan fingerprint density at radius 1 is 1.03 bits per heavy atom. The highest BCUT2D eigenvalue weighted by Crippen LogP contribution is 2.29. The molecule has 2 fully saturated rings. The van der Waals surface area contributed by atoms with Gasteiger partial charge in [0.15, 0.2) is 0 Å². The van der Waals surface area contributed by atoms with Gasteiger partial charge in [0, 0.05) is 62.3 Å². The van der Waals surface area contributed by atoms with E-state index in [2.05, 4.69) is 20.4 Å². The van der Waals surface area contributed by atoms with Crippen LogP contribution in [0, 0.1) is 10.1 Å². The number of anilines is 2. The maximum Gasteiger partial charge on any atom is 0.288 e. The smallest absolute Gasteiger partial charge is 0.288 e. The number of morpholine rings is 1. The van der Waals surface area contributed by atoms with Gasteiger partial charge in [-0.05, 0) is 43.2 Å². The Balaban J connectivity index is 1.49. The highest BCUT2D eigenvalue weighted by Gasteiger charge is 2.22. The van der Waals surface area contributed by atoms with Crippen LogP contribution in [0.25, 0.3) is 0 Å². The molecule has 0 atom stereocenters. The summed E-state index contributed by atoms with van der Waals surface area (Å²) in [6, 6.07) is 9.10. The van der Waals surface area contributed by atoms with E-state index in [1.807, 2.05) is 6.07 Å². The summed E-state index contributed by atoms with van der Waals surface area (Å²) in [4.78, 5) is 40.8. The van der Waals surface area contributed by atoms with Crippen molar-refractivity contribution in [3.05, 3.63) is 62.7 Å². The number of hydrogen-bond donors (Lipinski definition) is 2. The molecule has 2 aromatic rings. The first-order valence-electron chi connectivity index (χ1n) is 11.6. The van der Waals surface area contributed by atoms with Crippen molar-refractivity contribution in [2.45, 2.75) is 12.8 Å². The van der Waals surface area contributed by atoms with Gasteiger partial charge >= 0.3 is 0 Å². The second-order valence-electron chi connectivity index (χ2n) is 8.51. The van der Waals surface area contributed by atoms with Crippen molar-refractivity contribution in [3.63, 3.8) is 0 Å². The van der Waals surface area contributed by atoms with Crippen LogP contribution in [0.1, 0.15) is 33.6 Å². The first-order valence-corrected chi connectivity index (χ1v) is 12.0. The number of carbonyl (C=O) groups is 2. The van der Waals surface area contributed by atoms with Crippen LogP contribution in [-0.2, 0) is 4.74 Å². The van der Waals surface area contributed by atoms with E-state index >= 15 is 0 Å². The molecule has 0 unspecified atom stereocenters. The molecular weight excluding hydrogens is 474 g/mol. The average Bonchev–Trinajstić information content (AvgIpc) is 3.39. The third kappa shape index (κ3) is 6.27. The zero-order valence-electron chi connectivity index (χ0n) is 19.3. The fourth-order valence-electron chi connectivity index (χ4n) is 4.27. The third-order valence-corrected chi connectivity index (χ3v) is 6.49. The SMILES string of the molecule is O=C(Nc1ccc(N2CCCC2)c(C(=O)NCCN2CCOCC2)c1)c1ccc(Cl)c([N+](=O)[O-])c1. The van der Waals surface area contributed by atoms with Crippen LogP contribution in [-0.4, -0.2) is 74.1 Å². The standard InChI is InChI=1S/C24H28ClN5O5/c25-20-5-3-17(15-22(20)30(33)34)23(31)27-18-4-6-21(29-8-1-2-9-29)19(16-18)24(32)26-7-10-28-11-13-35-14-12-28/h3-6,15-16H,1-2,7-14H2,(H,26,32)(H,27,31). The van der Waals surface area contributed by atoms with E-state index in [-0.39, 0.29) is 22.2 Å². The third-order valence-electron chi connectivity index (χ3n) is 6.17. The van der Waals surface area contributed by atoms with Crippen LogP contribution in [0.3, 0.4) is 0 Å². The molecule has 2 aliphatic rings. The zero-order valence-corrected chi connectivity index (χ0v) is 20.1. The van der Waals surface area contributed by atoms with E-state index in [1.165, 1.54) is 12.1 Å². The molecule has 0 aliphatic carbocycles. The normalized spacial score (nSPS) is 16.2. The number of nitro benzene ring substituents is 1. The van der Waals surface area contributed by atoms with Gasteiger partial charge in [0.1, 0.15) is 5.02 Å². The second-order valence-corrected chi connectivity index (χ2v) is 8.92. The van der Waals surface area contributed by atoms with Crippen LogP contribution in [0.2, 0.25) is 5.02 Å². The minimum atomic E-state index is -0.636. The quantitative estimate of drug-likeness (QED) is 0.421. The Hall–Kier alpha value is -3.21. The number of carbonyl (C=O) groups excluding carboxylic acids is 2. The summed E-state index contributed by atoms with van der Waals surface area (Å²) in [5.74, 6) is -0.740. The molecule has 4 rings (SSSR count). The summed E-state index contributed by atoms with van der Waals surface area (Å²) in [5, 5.41) is 16.8. The predicted octanol–water partition coefficient (Wildman–Crippen LogP) is 3.16. The molecule has 0 saturated carbocycles. The molecule has 2 aromatic carbocycles. The lowest BCUT2D eigenvalue weighted by atomic mass is 10.1. The van der Waals surface area contributed by atoms with Gasteiger partial charge in [0.2, 0.25) is 0 Å². The van der Waals surface area contributed by atoms with E-state index in [0.717, 1.165) is 57.3 Å². The number of amides is 2. The van der Waals surface area contributed by atoms with Crippen molar-refractivity contribution in [1.82, 2.24) is 10.2 Å². The fraction of sp³-hybridized carbons (Fsp3) is 0.417. The van der Waals surface area contributed by atoms with Crippen molar-refractivity contribution in [2.75, 3.05) is 62.7 Å². The molecule has 0 radical (unpaired) electrons. The summed E-state index contributed by atoms with van der Waals surface area (Å²) in [6.45, 7) is 6.07. The van der Waals surface area contributed by atoms with Gasteiger partial charge < -0.3 is 20.3 Å². The van der Waals surface area contributed by atoms with Gasteiger partial charge in [-0.25, -0.2) is 0 Å². The van der Waals surface area contributed by atoms with E-state index < -0.39 is 10.8 Å². The van der Waals surface area contributed by atoms with Gasteiger partial charge in [-0.2, -0.15) is 0 Å². The first-order chi connectivity index (χ1) is 16.9. The number of halogens is 1. The number of rotatable bonds is 8. The van der Waals surface area contributed by atoms with Crippen molar-refractivity contribution in [3.8, 4) is 0 Å². The lowest BCUT2D eigenvalue weighted by Crippen LogP contribution is -2.41. The van der Waals surface area contributed by atoms with Crippen LogP contribution in [0.15, 0.2) is 36.4 Å². The molecule has 0 spiro atoms. The van der Waals surface area contributed by atoms with Crippen LogP contribution < -0.4 is 15.5 Å². The van der Waals surface area contributed by atoms with Gasteiger partial charge in [-0.15, -0.1) is 0 Å². The maximum absolute atomic E-state index is 13.1. The van der Waals surface area contributed by atoms with Crippen molar-refractivity contribution < 1.29 is 19.2 Å². The lowest BCUT2D eigenvalue weighted by Gasteiger charge is -2.26. The summed E-state index contributed by atoms with van der Waals surface area (Å²) < 4.78 is 5.36. The molecule has 2 aliphatic heterocycles. The highest BCUT2D eigenvalue weighted by molar-refractivity contribution is 6.32. The van der Waals surface area contributed by atoms with E-state index in [0.29, 0.717) is 31.0 Å². The predicted molar refractivity (Wildman–Crippen MR) is 134 cm³/mol. The molecule has 2 N–H and O–H groups in total. The van der Waals surface area contributed by atoms with Crippen molar-refractivity contribution >= 4 is 40.5 Å². The Bertz CT molecular complexity index is 1100. The first kappa shape index (κ1) is 24.9. The van der Waals surface area contributed by atoms with Gasteiger partial charge in [-0.1, -0.05) is 11.6 Å². The molecule has 0 aromatic heterocycles. The number of benzene rings is 2. The molecule has 0 bridgehead atoms. The molecule has 10 nitrogen and oxygen atoms in total. The number of nitro groups is 1. The van der Waals surface area contributed by atoms with Crippen LogP contribution >= 0.6 is 11.6 Å². The molecule has 35 heavy (non-hydrogen) atoms. The van der Waals surface area contributed by atoms with E-state index in [9.17, 15) is 19.7 Å². The Morgan fingerprint density at radius 3 is 2.49 bits per heavy atom. The van der Waals surface area contributed by atoms with Crippen LogP contribution in [0.4, 0.5) is 17.1 Å². The summed E-state index contributed by atoms with van der Waals surface area (Å²) in [6.07, 6.45) is 2.12. The molecule has 186 valence electrons. The van der Waals surface area contributed by atoms with Gasteiger partial charge in [0.05, 0.1) is 23.7 Å². The Morgan fingerprint density at radius 2 is 1.77 bits per heavy atom. The zero-order chi connectivity index (χ0) is 24.8. The highest BCUT2D eigenvalue weighted by atomic mass is 35.5. The largest absolute Gasteiger partial charge is 0.379 e. The second kappa shape index (κ2) is 11.5. The molecule has 2 saturated heterocycles. The van der Waals surface area contributed by atoms with Crippen LogP contribution in [0.5, 0.6) is 0 Å². The Labute approximate surface area is 208 Å². The molecule has 11 heteroatoms. The van der Waals surface area contributed by atoms with Crippen molar-refractivity contribution in [1.29, 1.82) is 0 Å². The van der Waals surface area contributed by atoms with E-state index in [4.69, 9.17) is 16.3 Å². The maximum atomic E-state index is 13.1. The minimum absolute atomic E-state index is 0.0439. The fourth-order valence-corrected chi connectivity index (χ4v) is 4.46. The topological polar surface area (TPSA) is 117 Å².